The van der Waals surface area contributed by atoms with Crippen LogP contribution in [0.1, 0.15) is 37.2 Å². The Labute approximate surface area is 166 Å². The van der Waals surface area contributed by atoms with Crippen molar-refractivity contribution in [2.45, 2.75) is 32.1 Å². The first-order chi connectivity index (χ1) is 13.7. The van der Waals surface area contributed by atoms with E-state index in [1.807, 2.05) is 23.4 Å². The van der Waals surface area contributed by atoms with E-state index in [0.29, 0.717) is 38.8 Å². The molecule has 0 aliphatic carbocycles. The van der Waals surface area contributed by atoms with Crippen molar-refractivity contribution in [1.82, 2.24) is 24.3 Å². The van der Waals surface area contributed by atoms with Gasteiger partial charge in [0.2, 0.25) is 5.91 Å². The topological polar surface area (TPSA) is 63.5 Å². The third-order valence-electron chi connectivity index (χ3n) is 5.68. The van der Waals surface area contributed by atoms with Crippen LogP contribution < -0.4 is 0 Å². The molecule has 2 aromatic rings. The number of morpholine rings is 1. The molecule has 4 rings (SSSR count). The number of carbonyl (C=O) groups excluding carboxylic acids is 1. The van der Waals surface area contributed by atoms with Gasteiger partial charge in [0.05, 0.1) is 19.8 Å². The molecule has 0 radical (unpaired) electrons. The molecule has 0 bridgehead atoms. The molecule has 0 N–H and O–H groups in total. The molecule has 2 aromatic heterocycles. The van der Waals surface area contributed by atoms with Crippen molar-refractivity contribution in [3.8, 4) is 5.82 Å². The van der Waals surface area contributed by atoms with Crippen LogP contribution in [0.25, 0.3) is 5.82 Å². The number of aromatic nitrogens is 3. The molecule has 150 valence electrons. The maximum Gasteiger partial charge on any atom is 0.236 e. The number of nitrogens with zero attached hydrogens (tertiary/aromatic N) is 5. The van der Waals surface area contributed by atoms with E-state index in [-0.39, 0.29) is 5.91 Å². The van der Waals surface area contributed by atoms with E-state index < -0.39 is 0 Å². The minimum absolute atomic E-state index is 0.219. The molecule has 0 saturated carbocycles. The molecule has 1 amide bonds. The van der Waals surface area contributed by atoms with Gasteiger partial charge in [0.25, 0.3) is 0 Å². The third kappa shape index (κ3) is 4.25. The summed E-state index contributed by atoms with van der Waals surface area (Å²) in [6, 6.07) is 6.23. The maximum absolute atomic E-state index is 12.6. The van der Waals surface area contributed by atoms with Crippen molar-refractivity contribution in [3.05, 3.63) is 42.1 Å². The van der Waals surface area contributed by atoms with Gasteiger partial charge in [0, 0.05) is 50.1 Å². The molecule has 2 saturated heterocycles. The van der Waals surface area contributed by atoms with Gasteiger partial charge >= 0.3 is 0 Å². The van der Waals surface area contributed by atoms with Gasteiger partial charge in [0.1, 0.15) is 11.6 Å². The number of ether oxygens (including phenoxy) is 1. The SMILES string of the molecule is CCc1nccn1-c1cccc(C2CCCN(CC(=O)N3CCOCC3)C2)n1. The summed E-state index contributed by atoms with van der Waals surface area (Å²) in [7, 11) is 0. The van der Waals surface area contributed by atoms with Crippen LogP contribution in [-0.2, 0) is 16.0 Å². The summed E-state index contributed by atoms with van der Waals surface area (Å²) in [4.78, 5) is 26.1. The van der Waals surface area contributed by atoms with E-state index in [9.17, 15) is 4.79 Å². The fourth-order valence-corrected chi connectivity index (χ4v) is 4.15. The molecular weight excluding hydrogens is 354 g/mol. The number of aryl methyl sites for hydroxylation is 1. The minimum Gasteiger partial charge on any atom is -0.378 e. The van der Waals surface area contributed by atoms with Gasteiger partial charge in [-0.05, 0) is 31.5 Å². The zero-order valence-corrected chi connectivity index (χ0v) is 16.6. The molecule has 28 heavy (non-hydrogen) atoms. The second-order valence-corrected chi connectivity index (χ2v) is 7.56. The van der Waals surface area contributed by atoms with Gasteiger partial charge in [-0.2, -0.15) is 0 Å². The summed E-state index contributed by atoms with van der Waals surface area (Å²) in [5.41, 5.74) is 1.11. The zero-order valence-electron chi connectivity index (χ0n) is 16.6. The van der Waals surface area contributed by atoms with E-state index in [1.54, 1.807) is 0 Å². The van der Waals surface area contributed by atoms with Crippen molar-refractivity contribution in [2.24, 2.45) is 0 Å². The van der Waals surface area contributed by atoms with Crippen LogP contribution in [0.4, 0.5) is 0 Å². The van der Waals surface area contributed by atoms with E-state index >= 15 is 0 Å². The van der Waals surface area contributed by atoms with Crippen molar-refractivity contribution >= 4 is 5.91 Å². The lowest BCUT2D eigenvalue weighted by Gasteiger charge is -2.34. The Bertz CT molecular complexity index is 800. The highest BCUT2D eigenvalue weighted by molar-refractivity contribution is 5.78. The average Bonchev–Trinajstić information content (AvgIpc) is 3.24. The molecule has 4 heterocycles. The Morgan fingerprint density at radius 1 is 1.25 bits per heavy atom. The van der Waals surface area contributed by atoms with Crippen LogP contribution >= 0.6 is 0 Å². The first kappa shape index (κ1) is 19.1. The van der Waals surface area contributed by atoms with Crippen molar-refractivity contribution in [1.29, 1.82) is 0 Å². The van der Waals surface area contributed by atoms with Crippen LogP contribution in [0.5, 0.6) is 0 Å². The first-order valence-corrected chi connectivity index (χ1v) is 10.3. The molecule has 2 fully saturated rings. The fourth-order valence-electron chi connectivity index (χ4n) is 4.15. The number of rotatable bonds is 5. The Morgan fingerprint density at radius 2 is 2.11 bits per heavy atom. The van der Waals surface area contributed by atoms with Crippen LogP contribution in [-0.4, -0.2) is 76.2 Å². The van der Waals surface area contributed by atoms with Gasteiger partial charge in [-0.25, -0.2) is 9.97 Å². The average molecular weight is 383 g/mol. The van der Waals surface area contributed by atoms with Crippen LogP contribution in [0.3, 0.4) is 0 Å². The van der Waals surface area contributed by atoms with Crippen molar-refractivity contribution in [2.75, 3.05) is 45.9 Å². The Hall–Kier alpha value is -2.25. The minimum atomic E-state index is 0.219. The predicted molar refractivity (Wildman–Crippen MR) is 107 cm³/mol. The number of likely N-dealkylation sites (tertiary alicyclic amines) is 1. The molecule has 0 spiro atoms. The van der Waals surface area contributed by atoms with Crippen molar-refractivity contribution in [3.63, 3.8) is 0 Å². The Kier molecular flexibility index (Phi) is 6.02. The van der Waals surface area contributed by atoms with E-state index in [0.717, 1.165) is 49.7 Å². The first-order valence-electron chi connectivity index (χ1n) is 10.3. The summed E-state index contributed by atoms with van der Waals surface area (Å²) in [5, 5.41) is 0. The van der Waals surface area contributed by atoms with Gasteiger partial charge in [0.15, 0.2) is 0 Å². The number of imidazole rings is 1. The highest BCUT2D eigenvalue weighted by atomic mass is 16.5. The molecule has 2 aliphatic heterocycles. The van der Waals surface area contributed by atoms with Gasteiger partial charge in [-0.3, -0.25) is 14.3 Å². The lowest BCUT2D eigenvalue weighted by atomic mass is 9.94. The van der Waals surface area contributed by atoms with E-state index in [4.69, 9.17) is 9.72 Å². The molecule has 2 aliphatic rings. The van der Waals surface area contributed by atoms with E-state index in [1.165, 1.54) is 0 Å². The van der Waals surface area contributed by atoms with Crippen molar-refractivity contribution < 1.29 is 9.53 Å². The summed E-state index contributed by atoms with van der Waals surface area (Å²) >= 11 is 0. The largest absolute Gasteiger partial charge is 0.378 e. The van der Waals surface area contributed by atoms with Gasteiger partial charge in [-0.1, -0.05) is 13.0 Å². The number of hydrogen-bond donors (Lipinski definition) is 0. The number of pyridine rings is 1. The van der Waals surface area contributed by atoms with Crippen LogP contribution in [0, 0.1) is 0 Å². The molecular formula is C21H29N5O2. The Morgan fingerprint density at radius 3 is 2.93 bits per heavy atom. The second-order valence-electron chi connectivity index (χ2n) is 7.56. The monoisotopic (exact) mass is 383 g/mol. The molecule has 1 unspecified atom stereocenters. The summed E-state index contributed by atoms with van der Waals surface area (Å²) in [5.74, 6) is 2.52. The number of carbonyl (C=O) groups is 1. The standard InChI is InChI=1S/C21H29N5O2/c1-2-19-22-8-10-26(19)20-7-3-6-18(23-20)17-5-4-9-24(15-17)16-21(27)25-11-13-28-14-12-25/h3,6-8,10,17H,2,4-5,9,11-16H2,1H3. The van der Waals surface area contributed by atoms with Gasteiger partial charge in [-0.15, -0.1) is 0 Å². The van der Waals surface area contributed by atoms with Crippen LogP contribution in [0.15, 0.2) is 30.6 Å². The fraction of sp³-hybridized carbons (Fsp3) is 0.571. The second kappa shape index (κ2) is 8.84. The maximum atomic E-state index is 12.6. The number of amides is 1. The lowest BCUT2D eigenvalue weighted by Crippen LogP contribution is -2.47. The lowest BCUT2D eigenvalue weighted by molar-refractivity contribution is -0.136. The quantitative estimate of drug-likeness (QED) is 0.789. The molecule has 1 atom stereocenters. The zero-order chi connectivity index (χ0) is 19.3. The summed E-state index contributed by atoms with van der Waals surface area (Å²) < 4.78 is 7.41. The highest BCUT2D eigenvalue weighted by Crippen LogP contribution is 2.26. The smallest absolute Gasteiger partial charge is 0.236 e. The normalized spacial score (nSPS) is 21.0. The van der Waals surface area contributed by atoms with E-state index in [2.05, 4.69) is 33.5 Å². The van der Waals surface area contributed by atoms with Gasteiger partial charge < -0.3 is 9.64 Å². The highest BCUT2D eigenvalue weighted by Gasteiger charge is 2.26. The van der Waals surface area contributed by atoms with Crippen LogP contribution in [0.2, 0.25) is 0 Å². The summed E-state index contributed by atoms with van der Waals surface area (Å²) in [6.07, 6.45) is 6.88. The third-order valence-corrected chi connectivity index (χ3v) is 5.68. The molecule has 0 aromatic carbocycles. The molecule has 7 nitrogen and oxygen atoms in total. The number of piperidine rings is 1. The number of hydrogen-bond acceptors (Lipinski definition) is 5. The summed E-state index contributed by atoms with van der Waals surface area (Å²) in [6.45, 7) is 7.20. The molecule has 7 heteroatoms. The Balaban J connectivity index is 1.43. The predicted octanol–water partition coefficient (Wildman–Crippen LogP) is 1.87.